The summed E-state index contributed by atoms with van der Waals surface area (Å²) >= 11 is 0. The minimum atomic E-state index is -3.94. The van der Waals surface area contributed by atoms with E-state index in [0.29, 0.717) is 18.5 Å². The summed E-state index contributed by atoms with van der Waals surface area (Å²) in [5.74, 6) is -0.376. The number of carbonyl (C=O) groups excluding carboxylic acids is 1. The highest BCUT2D eigenvalue weighted by Crippen LogP contribution is 2.25. The van der Waals surface area contributed by atoms with Crippen LogP contribution >= 0.6 is 0 Å². The van der Waals surface area contributed by atoms with Gasteiger partial charge in [-0.05, 0) is 18.9 Å². The minimum absolute atomic E-state index is 0.133. The Labute approximate surface area is 122 Å². The summed E-state index contributed by atoms with van der Waals surface area (Å²) in [6.07, 6.45) is 0.499. The quantitative estimate of drug-likeness (QED) is 0.642. The highest BCUT2D eigenvalue weighted by molar-refractivity contribution is 7.89. The number of nitro groups is 1. The Hall–Kier alpha value is -2.00. The SMILES string of the molecule is Cc1ccc([N+](=O)[O-])cc1S(=O)(=O)N1CCCNC(=O)C1. The Morgan fingerprint density at radius 3 is 2.76 bits per heavy atom. The molecule has 1 N–H and O–H groups in total. The molecule has 0 radical (unpaired) electrons. The molecule has 0 aliphatic carbocycles. The first-order chi connectivity index (χ1) is 9.82. The number of nitrogens with one attached hydrogen (secondary N) is 1. The number of rotatable bonds is 3. The van der Waals surface area contributed by atoms with Gasteiger partial charge < -0.3 is 5.32 Å². The Kier molecular flexibility index (Phi) is 4.24. The summed E-state index contributed by atoms with van der Waals surface area (Å²) in [6.45, 7) is 1.90. The van der Waals surface area contributed by atoms with Gasteiger partial charge in [-0.15, -0.1) is 0 Å². The lowest BCUT2D eigenvalue weighted by molar-refractivity contribution is -0.385. The van der Waals surface area contributed by atoms with Gasteiger partial charge in [-0.1, -0.05) is 6.07 Å². The molecule has 1 amide bonds. The minimum Gasteiger partial charge on any atom is -0.355 e. The van der Waals surface area contributed by atoms with Crippen LogP contribution in [0.1, 0.15) is 12.0 Å². The van der Waals surface area contributed by atoms with Gasteiger partial charge in [0.15, 0.2) is 0 Å². The number of sulfonamides is 1. The number of nitro benzene ring substituents is 1. The fourth-order valence-electron chi connectivity index (χ4n) is 2.10. The van der Waals surface area contributed by atoms with Gasteiger partial charge in [-0.3, -0.25) is 14.9 Å². The van der Waals surface area contributed by atoms with Crippen molar-refractivity contribution >= 4 is 21.6 Å². The van der Waals surface area contributed by atoms with E-state index in [0.717, 1.165) is 10.4 Å². The van der Waals surface area contributed by atoms with Gasteiger partial charge >= 0.3 is 0 Å². The molecule has 0 saturated carbocycles. The largest absolute Gasteiger partial charge is 0.355 e. The molecule has 9 heteroatoms. The summed E-state index contributed by atoms with van der Waals surface area (Å²) < 4.78 is 26.3. The molecular weight excluding hydrogens is 298 g/mol. The van der Waals surface area contributed by atoms with E-state index in [2.05, 4.69) is 5.32 Å². The van der Waals surface area contributed by atoms with E-state index in [9.17, 15) is 23.3 Å². The van der Waals surface area contributed by atoms with Crippen LogP contribution in [0.3, 0.4) is 0 Å². The van der Waals surface area contributed by atoms with E-state index < -0.39 is 14.9 Å². The predicted molar refractivity (Wildman–Crippen MR) is 74.2 cm³/mol. The fraction of sp³-hybridized carbons (Fsp3) is 0.417. The maximum Gasteiger partial charge on any atom is 0.270 e. The van der Waals surface area contributed by atoms with Crippen molar-refractivity contribution in [2.45, 2.75) is 18.2 Å². The van der Waals surface area contributed by atoms with Crippen LogP contribution in [0, 0.1) is 17.0 Å². The van der Waals surface area contributed by atoms with Gasteiger partial charge in [-0.2, -0.15) is 4.31 Å². The first-order valence-electron chi connectivity index (χ1n) is 6.34. The van der Waals surface area contributed by atoms with E-state index in [1.54, 1.807) is 6.92 Å². The summed E-state index contributed by atoms with van der Waals surface area (Å²) in [5.41, 5.74) is 0.115. The van der Waals surface area contributed by atoms with Crippen LogP contribution in [0.2, 0.25) is 0 Å². The monoisotopic (exact) mass is 313 g/mol. The van der Waals surface area contributed by atoms with Crippen molar-refractivity contribution in [2.24, 2.45) is 0 Å². The smallest absolute Gasteiger partial charge is 0.270 e. The summed E-state index contributed by atoms with van der Waals surface area (Å²) in [6, 6.07) is 3.68. The van der Waals surface area contributed by atoms with Gasteiger partial charge in [0.25, 0.3) is 5.69 Å². The van der Waals surface area contributed by atoms with Crippen LogP contribution in [0.5, 0.6) is 0 Å². The van der Waals surface area contributed by atoms with Crippen molar-refractivity contribution in [3.05, 3.63) is 33.9 Å². The average molecular weight is 313 g/mol. The molecule has 1 aliphatic heterocycles. The molecule has 2 rings (SSSR count). The third-order valence-electron chi connectivity index (χ3n) is 3.23. The lowest BCUT2D eigenvalue weighted by Crippen LogP contribution is -2.37. The summed E-state index contributed by atoms with van der Waals surface area (Å²) in [4.78, 5) is 21.5. The lowest BCUT2D eigenvalue weighted by Gasteiger charge is -2.19. The molecule has 1 aromatic carbocycles. The zero-order chi connectivity index (χ0) is 15.6. The molecule has 0 bridgehead atoms. The molecule has 1 aromatic rings. The van der Waals surface area contributed by atoms with Crippen molar-refractivity contribution in [2.75, 3.05) is 19.6 Å². The third kappa shape index (κ3) is 3.19. The number of benzene rings is 1. The number of hydrogen-bond donors (Lipinski definition) is 1. The van der Waals surface area contributed by atoms with Crippen molar-refractivity contribution in [3.63, 3.8) is 0 Å². The molecule has 0 spiro atoms. The molecule has 114 valence electrons. The molecule has 1 aliphatic rings. The Balaban J connectivity index is 2.45. The molecule has 0 aromatic heterocycles. The Morgan fingerprint density at radius 1 is 1.38 bits per heavy atom. The number of carbonyl (C=O) groups is 1. The second-order valence-electron chi connectivity index (χ2n) is 4.75. The van der Waals surface area contributed by atoms with Crippen LogP contribution in [-0.2, 0) is 14.8 Å². The topological polar surface area (TPSA) is 110 Å². The maximum atomic E-state index is 12.6. The normalized spacial score (nSPS) is 17.1. The Morgan fingerprint density at radius 2 is 2.10 bits per heavy atom. The van der Waals surface area contributed by atoms with Gasteiger partial charge in [0.05, 0.1) is 16.4 Å². The van der Waals surface area contributed by atoms with Gasteiger partial charge in [0, 0.05) is 25.2 Å². The van der Waals surface area contributed by atoms with E-state index in [-0.39, 0.29) is 29.6 Å². The lowest BCUT2D eigenvalue weighted by atomic mass is 10.2. The van der Waals surface area contributed by atoms with Crippen molar-refractivity contribution in [1.82, 2.24) is 9.62 Å². The summed E-state index contributed by atoms with van der Waals surface area (Å²) in [5, 5.41) is 13.4. The van der Waals surface area contributed by atoms with Crippen molar-refractivity contribution in [1.29, 1.82) is 0 Å². The predicted octanol–water partition coefficient (Wildman–Crippen LogP) is 0.414. The zero-order valence-corrected chi connectivity index (χ0v) is 12.2. The fourth-order valence-corrected chi connectivity index (χ4v) is 3.78. The van der Waals surface area contributed by atoms with E-state index in [1.165, 1.54) is 12.1 Å². The number of amides is 1. The van der Waals surface area contributed by atoms with Crippen LogP contribution in [0.15, 0.2) is 23.1 Å². The molecule has 1 heterocycles. The van der Waals surface area contributed by atoms with Crippen molar-refractivity contribution < 1.29 is 18.1 Å². The van der Waals surface area contributed by atoms with Crippen LogP contribution < -0.4 is 5.32 Å². The molecule has 0 unspecified atom stereocenters. The van der Waals surface area contributed by atoms with Crippen LogP contribution in [-0.4, -0.2) is 43.2 Å². The molecule has 1 fully saturated rings. The number of nitrogens with zero attached hydrogens (tertiary/aromatic N) is 2. The zero-order valence-electron chi connectivity index (χ0n) is 11.4. The molecular formula is C12H15N3O5S. The maximum absolute atomic E-state index is 12.6. The Bertz CT molecular complexity index is 686. The number of non-ortho nitro benzene ring substituents is 1. The van der Waals surface area contributed by atoms with Gasteiger partial charge in [-0.25, -0.2) is 8.42 Å². The molecule has 21 heavy (non-hydrogen) atoms. The third-order valence-corrected chi connectivity index (χ3v) is 5.21. The molecule has 8 nitrogen and oxygen atoms in total. The first kappa shape index (κ1) is 15.4. The highest BCUT2D eigenvalue weighted by atomic mass is 32.2. The van der Waals surface area contributed by atoms with E-state index in [1.807, 2.05) is 0 Å². The average Bonchev–Trinajstić information content (AvgIpc) is 2.64. The van der Waals surface area contributed by atoms with Crippen LogP contribution in [0.4, 0.5) is 5.69 Å². The van der Waals surface area contributed by atoms with Crippen molar-refractivity contribution in [3.8, 4) is 0 Å². The number of aryl methyl sites for hydroxylation is 1. The molecule has 0 atom stereocenters. The van der Waals surface area contributed by atoms with E-state index >= 15 is 0 Å². The van der Waals surface area contributed by atoms with Gasteiger partial charge in [0.1, 0.15) is 0 Å². The first-order valence-corrected chi connectivity index (χ1v) is 7.78. The second-order valence-corrected chi connectivity index (χ2v) is 6.66. The summed E-state index contributed by atoms with van der Waals surface area (Å²) in [7, 11) is -3.94. The van der Waals surface area contributed by atoms with Crippen LogP contribution in [0.25, 0.3) is 0 Å². The van der Waals surface area contributed by atoms with Gasteiger partial charge in [0.2, 0.25) is 15.9 Å². The highest BCUT2D eigenvalue weighted by Gasteiger charge is 2.30. The molecule has 1 saturated heterocycles. The number of hydrogen-bond acceptors (Lipinski definition) is 5. The second kappa shape index (κ2) is 5.78. The van der Waals surface area contributed by atoms with E-state index in [4.69, 9.17) is 0 Å². The standard InChI is InChI=1S/C12H15N3O5S/c1-9-3-4-10(15(17)18)7-11(9)21(19,20)14-6-2-5-13-12(16)8-14/h3-4,7H,2,5-6,8H2,1H3,(H,13,16).